The van der Waals surface area contributed by atoms with Crippen LogP contribution in [-0.4, -0.2) is 25.0 Å². The summed E-state index contributed by atoms with van der Waals surface area (Å²) in [7, 11) is 0. The highest BCUT2D eigenvalue weighted by Crippen LogP contribution is 2.37. The van der Waals surface area contributed by atoms with E-state index in [-0.39, 0.29) is 11.8 Å². The summed E-state index contributed by atoms with van der Waals surface area (Å²) in [5.74, 6) is 0.920. The highest BCUT2D eigenvalue weighted by molar-refractivity contribution is 6.06. The van der Waals surface area contributed by atoms with E-state index in [9.17, 15) is 9.59 Å². The number of fused-ring (bicyclic) bond motifs is 1. The monoisotopic (exact) mass is 422 g/mol. The van der Waals surface area contributed by atoms with Gasteiger partial charge in [-0.3, -0.25) is 9.59 Å². The lowest BCUT2D eigenvalue weighted by atomic mass is 10.0. The molecule has 0 radical (unpaired) electrons. The molecule has 0 aliphatic carbocycles. The van der Waals surface area contributed by atoms with Crippen molar-refractivity contribution >= 4 is 17.5 Å². The van der Waals surface area contributed by atoms with Crippen LogP contribution >= 0.6 is 0 Å². The van der Waals surface area contributed by atoms with Gasteiger partial charge in [0.05, 0.1) is 6.54 Å². The van der Waals surface area contributed by atoms with E-state index in [0.29, 0.717) is 19.1 Å². The van der Waals surface area contributed by atoms with E-state index < -0.39 is 6.04 Å². The van der Waals surface area contributed by atoms with Gasteiger partial charge in [0.15, 0.2) is 0 Å². The van der Waals surface area contributed by atoms with Crippen LogP contribution in [0, 0.1) is 6.92 Å². The first kappa shape index (κ1) is 22.9. The zero-order valence-electron chi connectivity index (χ0n) is 19.3. The number of aryl methyl sites for hydroxylation is 2. The Morgan fingerprint density at radius 3 is 2.65 bits per heavy atom. The summed E-state index contributed by atoms with van der Waals surface area (Å²) in [5, 5.41) is 2.83. The van der Waals surface area contributed by atoms with Crippen LogP contribution in [-0.2, 0) is 16.0 Å². The minimum atomic E-state index is -0.626. The highest BCUT2D eigenvalue weighted by Gasteiger charge is 2.37. The third kappa shape index (κ3) is 5.27. The maximum Gasteiger partial charge on any atom is 0.254 e. The maximum absolute atomic E-state index is 13.2. The molecule has 31 heavy (non-hydrogen) atoms. The average Bonchev–Trinajstić information content (AvgIpc) is 2.97. The molecule has 2 aromatic rings. The molecule has 2 amide bonds. The normalized spacial score (nSPS) is 15.4. The van der Waals surface area contributed by atoms with Crippen LogP contribution in [0.5, 0.6) is 5.75 Å². The molecular formula is C26H34N2O3. The first-order valence-corrected chi connectivity index (χ1v) is 11.3. The zero-order chi connectivity index (χ0) is 22.5. The molecule has 5 nitrogen and oxygen atoms in total. The van der Waals surface area contributed by atoms with Crippen molar-refractivity contribution in [2.75, 3.05) is 18.1 Å². The molecule has 0 fully saturated rings. The SMILES string of the molecule is CCCCc1ccc2c(c1)[C@H](NC(C)=O)C(=O)N2CCOc1cc(C)ccc1C(C)C. The molecular weight excluding hydrogens is 388 g/mol. The van der Waals surface area contributed by atoms with Crippen LogP contribution in [0.3, 0.4) is 0 Å². The number of ether oxygens (including phenoxy) is 1. The van der Waals surface area contributed by atoms with Gasteiger partial charge in [-0.05, 0) is 54.5 Å². The van der Waals surface area contributed by atoms with Crippen molar-refractivity contribution < 1.29 is 14.3 Å². The summed E-state index contributed by atoms with van der Waals surface area (Å²) < 4.78 is 6.12. The minimum absolute atomic E-state index is 0.102. The second-order valence-corrected chi connectivity index (χ2v) is 8.66. The Hall–Kier alpha value is -2.82. The number of carbonyl (C=O) groups is 2. The molecule has 1 atom stereocenters. The molecule has 1 aliphatic heterocycles. The van der Waals surface area contributed by atoms with E-state index >= 15 is 0 Å². The minimum Gasteiger partial charge on any atom is -0.491 e. The van der Waals surface area contributed by atoms with Crippen LogP contribution in [0.2, 0.25) is 0 Å². The average molecular weight is 423 g/mol. The number of hydrogen-bond acceptors (Lipinski definition) is 3. The topological polar surface area (TPSA) is 58.6 Å². The van der Waals surface area contributed by atoms with E-state index in [1.54, 1.807) is 4.90 Å². The summed E-state index contributed by atoms with van der Waals surface area (Å²) in [5.41, 5.74) is 5.25. The standard InChI is InChI=1S/C26H34N2O3/c1-6-7-8-20-10-12-23-22(16-20)25(27-19(5)29)26(30)28(23)13-14-31-24-15-18(4)9-11-21(24)17(2)3/h9-12,15-17,25H,6-8,13-14H2,1-5H3,(H,27,29)/t25-/m0/s1. The molecule has 0 bridgehead atoms. The number of amides is 2. The lowest BCUT2D eigenvalue weighted by molar-refractivity contribution is -0.126. The molecule has 166 valence electrons. The Balaban J connectivity index is 1.79. The van der Waals surface area contributed by atoms with Crippen molar-refractivity contribution in [2.45, 2.75) is 65.8 Å². The first-order valence-electron chi connectivity index (χ1n) is 11.3. The van der Waals surface area contributed by atoms with Crippen molar-refractivity contribution in [3.8, 4) is 5.75 Å². The quantitative estimate of drug-likeness (QED) is 0.614. The summed E-state index contributed by atoms with van der Waals surface area (Å²) in [6.45, 7) is 10.8. The summed E-state index contributed by atoms with van der Waals surface area (Å²) >= 11 is 0. The van der Waals surface area contributed by atoms with Gasteiger partial charge in [-0.25, -0.2) is 0 Å². The third-order valence-corrected chi connectivity index (χ3v) is 5.74. The largest absolute Gasteiger partial charge is 0.491 e. The van der Waals surface area contributed by atoms with E-state index in [2.05, 4.69) is 56.4 Å². The first-order chi connectivity index (χ1) is 14.8. The Kier molecular flexibility index (Phi) is 7.37. The van der Waals surface area contributed by atoms with Gasteiger partial charge in [0.2, 0.25) is 5.91 Å². The molecule has 1 N–H and O–H groups in total. The molecule has 5 heteroatoms. The lowest BCUT2D eigenvalue weighted by Crippen LogP contribution is -2.38. The Labute approximate surface area is 185 Å². The number of benzene rings is 2. The van der Waals surface area contributed by atoms with Gasteiger partial charge >= 0.3 is 0 Å². The van der Waals surface area contributed by atoms with E-state index in [0.717, 1.165) is 47.4 Å². The van der Waals surface area contributed by atoms with Gasteiger partial charge in [-0.15, -0.1) is 0 Å². The van der Waals surface area contributed by atoms with E-state index in [4.69, 9.17) is 4.74 Å². The molecule has 0 saturated carbocycles. The Morgan fingerprint density at radius 2 is 1.97 bits per heavy atom. The molecule has 1 heterocycles. The van der Waals surface area contributed by atoms with Crippen molar-refractivity contribution in [3.63, 3.8) is 0 Å². The number of anilines is 1. The van der Waals surface area contributed by atoms with Gasteiger partial charge in [-0.1, -0.05) is 51.5 Å². The second kappa shape index (κ2) is 9.99. The van der Waals surface area contributed by atoms with E-state index in [1.807, 2.05) is 13.0 Å². The van der Waals surface area contributed by atoms with Gasteiger partial charge in [0.1, 0.15) is 18.4 Å². The number of rotatable bonds is 9. The maximum atomic E-state index is 13.2. The van der Waals surface area contributed by atoms with Crippen molar-refractivity contribution in [3.05, 3.63) is 58.7 Å². The Morgan fingerprint density at radius 1 is 1.19 bits per heavy atom. The predicted octanol–water partition coefficient (Wildman–Crippen LogP) is 5.06. The number of nitrogens with zero attached hydrogens (tertiary/aromatic N) is 1. The van der Waals surface area contributed by atoms with Gasteiger partial charge in [-0.2, -0.15) is 0 Å². The second-order valence-electron chi connectivity index (χ2n) is 8.66. The van der Waals surface area contributed by atoms with Gasteiger partial charge < -0.3 is 15.0 Å². The summed E-state index contributed by atoms with van der Waals surface area (Å²) in [6.07, 6.45) is 3.19. The molecule has 0 saturated heterocycles. The van der Waals surface area contributed by atoms with E-state index in [1.165, 1.54) is 12.5 Å². The fourth-order valence-electron chi connectivity index (χ4n) is 4.09. The van der Waals surface area contributed by atoms with Crippen LogP contribution in [0.4, 0.5) is 5.69 Å². The number of nitrogens with one attached hydrogen (secondary N) is 1. The smallest absolute Gasteiger partial charge is 0.254 e. The molecule has 0 unspecified atom stereocenters. The molecule has 2 aromatic carbocycles. The molecule has 0 aromatic heterocycles. The zero-order valence-corrected chi connectivity index (χ0v) is 19.3. The lowest BCUT2D eigenvalue weighted by Gasteiger charge is -2.20. The summed E-state index contributed by atoms with van der Waals surface area (Å²) in [6, 6.07) is 11.8. The third-order valence-electron chi connectivity index (χ3n) is 5.74. The number of hydrogen-bond donors (Lipinski definition) is 1. The van der Waals surface area contributed by atoms with Crippen LogP contribution < -0.4 is 15.0 Å². The molecule has 0 spiro atoms. The van der Waals surface area contributed by atoms with Crippen LogP contribution in [0.15, 0.2) is 36.4 Å². The number of carbonyl (C=O) groups excluding carboxylic acids is 2. The molecule has 1 aliphatic rings. The van der Waals surface area contributed by atoms with Crippen molar-refractivity contribution in [1.82, 2.24) is 5.32 Å². The highest BCUT2D eigenvalue weighted by atomic mass is 16.5. The fraction of sp³-hybridized carbons (Fsp3) is 0.462. The van der Waals surface area contributed by atoms with Gasteiger partial charge in [0.25, 0.3) is 5.91 Å². The molecule has 3 rings (SSSR count). The number of unbranched alkanes of at least 4 members (excludes halogenated alkanes) is 1. The Bertz CT molecular complexity index is 952. The van der Waals surface area contributed by atoms with Crippen molar-refractivity contribution in [1.29, 1.82) is 0 Å². The van der Waals surface area contributed by atoms with Crippen LogP contribution in [0.25, 0.3) is 0 Å². The van der Waals surface area contributed by atoms with Crippen LogP contribution in [0.1, 0.15) is 74.8 Å². The summed E-state index contributed by atoms with van der Waals surface area (Å²) in [4.78, 5) is 26.6. The van der Waals surface area contributed by atoms with Gasteiger partial charge in [0, 0.05) is 18.2 Å². The predicted molar refractivity (Wildman–Crippen MR) is 125 cm³/mol. The fourth-order valence-corrected chi connectivity index (χ4v) is 4.09. The van der Waals surface area contributed by atoms with Crippen molar-refractivity contribution in [2.24, 2.45) is 0 Å².